The molecule has 2 rings (SSSR count). The Morgan fingerprint density at radius 2 is 2.46 bits per heavy atom. The van der Waals surface area contributed by atoms with E-state index in [-0.39, 0.29) is 11.8 Å². The Hall–Kier alpha value is -0.860. The molecule has 1 amide bonds. The summed E-state index contributed by atoms with van der Waals surface area (Å²) in [4.78, 5) is 23.9. The number of aldehydes is 1. The van der Waals surface area contributed by atoms with E-state index in [9.17, 15) is 9.59 Å². The second kappa shape index (κ2) is 3.13. The van der Waals surface area contributed by atoms with Gasteiger partial charge in [0, 0.05) is 24.9 Å². The minimum absolute atomic E-state index is 0.0146. The molecular formula is C10H15NO2. The molecule has 2 aliphatic rings. The SMILES string of the molecule is CC(C=O)CN1CCC2CC2C1=O. The molecule has 3 nitrogen and oxygen atoms in total. The number of fused-ring (bicyclic) bond motifs is 1. The van der Waals surface area contributed by atoms with E-state index < -0.39 is 0 Å². The van der Waals surface area contributed by atoms with E-state index >= 15 is 0 Å². The van der Waals surface area contributed by atoms with E-state index in [0.717, 1.165) is 25.7 Å². The molecule has 1 saturated heterocycles. The molecule has 0 spiro atoms. The summed E-state index contributed by atoms with van der Waals surface area (Å²) >= 11 is 0. The van der Waals surface area contributed by atoms with Crippen molar-refractivity contribution in [3.8, 4) is 0 Å². The lowest BCUT2D eigenvalue weighted by Gasteiger charge is -2.27. The van der Waals surface area contributed by atoms with Gasteiger partial charge in [-0.3, -0.25) is 4.79 Å². The van der Waals surface area contributed by atoms with Crippen LogP contribution in [-0.2, 0) is 9.59 Å². The van der Waals surface area contributed by atoms with E-state index in [1.807, 2.05) is 11.8 Å². The Morgan fingerprint density at radius 1 is 1.69 bits per heavy atom. The largest absolute Gasteiger partial charge is 0.342 e. The quantitative estimate of drug-likeness (QED) is 0.601. The maximum absolute atomic E-state index is 11.6. The van der Waals surface area contributed by atoms with Gasteiger partial charge in [-0.05, 0) is 18.8 Å². The van der Waals surface area contributed by atoms with E-state index in [0.29, 0.717) is 18.4 Å². The van der Waals surface area contributed by atoms with Crippen LogP contribution in [0.5, 0.6) is 0 Å². The first-order valence-corrected chi connectivity index (χ1v) is 4.96. The van der Waals surface area contributed by atoms with Gasteiger partial charge in [0.15, 0.2) is 0 Å². The van der Waals surface area contributed by atoms with Gasteiger partial charge in [-0.25, -0.2) is 0 Å². The fraction of sp³-hybridized carbons (Fsp3) is 0.800. The second-order valence-electron chi connectivity index (χ2n) is 4.29. The molecule has 2 fully saturated rings. The van der Waals surface area contributed by atoms with Crippen LogP contribution in [-0.4, -0.2) is 30.2 Å². The van der Waals surface area contributed by atoms with Crippen LogP contribution >= 0.6 is 0 Å². The minimum atomic E-state index is -0.0146. The van der Waals surface area contributed by atoms with E-state index in [1.54, 1.807) is 0 Å². The smallest absolute Gasteiger partial charge is 0.225 e. The Balaban J connectivity index is 1.91. The summed E-state index contributed by atoms with van der Waals surface area (Å²) in [6, 6.07) is 0. The molecule has 0 aromatic rings. The van der Waals surface area contributed by atoms with Gasteiger partial charge in [0.1, 0.15) is 6.29 Å². The predicted octanol–water partition coefficient (Wildman–Crippen LogP) is 0.690. The van der Waals surface area contributed by atoms with Crippen molar-refractivity contribution in [2.45, 2.75) is 19.8 Å². The van der Waals surface area contributed by atoms with E-state index in [1.165, 1.54) is 0 Å². The van der Waals surface area contributed by atoms with Gasteiger partial charge in [0.05, 0.1) is 0 Å². The van der Waals surface area contributed by atoms with Crippen LogP contribution in [0.2, 0.25) is 0 Å². The Morgan fingerprint density at radius 3 is 3.15 bits per heavy atom. The van der Waals surface area contributed by atoms with Gasteiger partial charge in [-0.2, -0.15) is 0 Å². The highest BCUT2D eigenvalue weighted by atomic mass is 16.2. The van der Waals surface area contributed by atoms with Gasteiger partial charge in [0.25, 0.3) is 0 Å². The molecule has 3 atom stereocenters. The fourth-order valence-corrected chi connectivity index (χ4v) is 2.11. The van der Waals surface area contributed by atoms with Crippen LogP contribution in [0.3, 0.4) is 0 Å². The lowest BCUT2D eigenvalue weighted by molar-refractivity contribution is -0.135. The fourth-order valence-electron chi connectivity index (χ4n) is 2.11. The van der Waals surface area contributed by atoms with Crippen molar-refractivity contribution in [1.82, 2.24) is 4.90 Å². The normalized spacial score (nSPS) is 33.9. The number of likely N-dealkylation sites (tertiary alicyclic amines) is 1. The lowest BCUT2D eigenvalue weighted by atomic mass is 10.1. The van der Waals surface area contributed by atoms with Crippen LogP contribution in [0.25, 0.3) is 0 Å². The van der Waals surface area contributed by atoms with Crippen LogP contribution in [0, 0.1) is 17.8 Å². The summed E-state index contributed by atoms with van der Waals surface area (Å²) in [5.41, 5.74) is 0. The van der Waals surface area contributed by atoms with Crippen molar-refractivity contribution >= 4 is 12.2 Å². The lowest BCUT2D eigenvalue weighted by Crippen LogP contribution is -2.40. The Kier molecular flexibility index (Phi) is 2.10. The maximum Gasteiger partial charge on any atom is 0.225 e. The second-order valence-corrected chi connectivity index (χ2v) is 4.29. The third kappa shape index (κ3) is 1.60. The topological polar surface area (TPSA) is 37.4 Å². The predicted molar refractivity (Wildman–Crippen MR) is 48.0 cm³/mol. The van der Waals surface area contributed by atoms with Crippen LogP contribution in [0.15, 0.2) is 0 Å². The first-order valence-electron chi connectivity index (χ1n) is 4.96. The van der Waals surface area contributed by atoms with Gasteiger partial charge >= 0.3 is 0 Å². The third-order valence-corrected chi connectivity index (χ3v) is 3.06. The van der Waals surface area contributed by atoms with Crippen molar-refractivity contribution in [2.75, 3.05) is 13.1 Å². The van der Waals surface area contributed by atoms with E-state index in [2.05, 4.69) is 0 Å². The summed E-state index contributed by atoms with van der Waals surface area (Å²) < 4.78 is 0. The number of hydrogen-bond donors (Lipinski definition) is 0. The van der Waals surface area contributed by atoms with Crippen molar-refractivity contribution in [2.24, 2.45) is 17.8 Å². The Bertz CT molecular complexity index is 239. The number of amides is 1. The van der Waals surface area contributed by atoms with Crippen LogP contribution < -0.4 is 0 Å². The average Bonchev–Trinajstić information content (AvgIpc) is 2.89. The molecule has 1 saturated carbocycles. The molecule has 13 heavy (non-hydrogen) atoms. The number of rotatable bonds is 3. The van der Waals surface area contributed by atoms with Gasteiger partial charge in [0.2, 0.25) is 5.91 Å². The molecule has 3 heteroatoms. The van der Waals surface area contributed by atoms with Crippen molar-refractivity contribution in [1.29, 1.82) is 0 Å². The van der Waals surface area contributed by atoms with Crippen LogP contribution in [0.4, 0.5) is 0 Å². The monoisotopic (exact) mass is 181 g/mol. The summed E-state index contributed by atoms with van der Waals surface area (Å²) in [5, 5.41) is 0. The Labute approximate surface area is 78.1 Å². The zero-order chi connectivity index (χ0) is 9.42. The molecule has 0 N–H and O–H groups in total. The molecular weight excluding hydrogens is 166 g/mol. The maximum atomic E-state index is 11.6. The highest BCUT2D eigenvalue weighted by molar-refractivity contribution is 5.82. The van der Waals surface area contributed by atoms with Crippen LogP contribution in [0.1, 0.15) is 19.8 Å². The summed E-state index contributed by atoms with van der Waals surface area (Å²) in [6.07, 6.45) is 3.15. The number of carbonyl (C=O) groups excluding carboxylic acids is 2. The molecule has 0 radical (unpaired) electrons. The van der Waals surface area contributed by atoms with E-state index in [4.69, 9.17) is 0 Å². The molecule has 0 bridgehead atoms. The number of piperidine rings is 1. The highest BCUT2D eigenvalue weighted by Gasteiger charge is 2.48. The first kappa shape index (κ1) is 8.73. The summed E-state index contributed by atoms with van der Waals surface area (Å²) in [7, 11) is 0. The molecule has 72 valence electrons. The highest BCUT2D eigenvalue weighted by Crippen LogP contribution is 2.45. The molecule has 1 heterocycles. The van der Waals surface area contributed by atoms with Gasteiger partial charge in [-0.15, -0.1) is 0 Å². The van der Waals surface area contributed by atoms with Gasteiger partial charge in [-0.1, -0.05) is 6.92 Å². The minimum Gasteiger partial charge on any atom is -0.342 e. The molecule has 0 aromatic heterocycles. The zero-order valence-corrected chi connectivity index (χ0v) is 7.90. The number of hydrogen-bond acceptors (Lipinski definition) is 2. The first-order chi connectivity index (χ1) is 6.22. The van der Waals surface area contributed by atoms with Crippen molar-refractivity contribution in [3.63, 3.8) is 0 Å². The third-order valence-electron chi connectivity index (χ3n) is 3.06. The zero-order valence-electron chi connectivity index (χ0n) is 7.90. The molecule has 3 unspecified atom stereocenters. The van der Waals surface area contributed by atoms with Crippen molar-refractivity contribution < 1.29 is 9.59 Å². The van der Waals surface area contributed by atoms with Crippen molar-refractivity contribution in [3.05, 3.63) is 0 Å². The number of nitrogens with zero attached hydrogens (tertiary/aromatic N) is 1. The van der Waals surface area contributed by atoms with Gasteiger partial charge < -0.3 is 9.69 Å². The summed E-state index contributed by atoms with van der Waals surface area (Å²) in [6.45, 7) is 3.34. The molecule has 0 aromatic carbocycles. The summed E-state index contributed by atoms with van der Waals surface area (Å²) in [5.74, 6) is 1.26. The molecule has 1 aliphatic heterocycles. The molecule has 1 aliphatic carbocycles. The average molecular weight is 181 g/mol. The standard InChI is InChI=1S/C10H15NO2/c1-7(6-12)5-11-3-2-8-4-9(8)10(11)13/h6-9H,2-5H2,1H3. The number of carbonyl (C=O) groups is 2.